The zero-order valence-electron chi connectivity index (χ0n) is 18.5. The quantitative estimate of drug-likeness (QED) is 0.627. The van der Waals surface area contributed by atoms with Crippen molar-refractivity contribution in [3.8, 4) is 11.5 Å². The van der Waals surface area contributed by atoms with Crippen LogP contribution in [0.5, 0.6) is 11.5 Å². The van der Waals surface area contributed by atoms with Gasteiger partial charge in [0.05, 0.1) is 14.2 Å². The van der Waals surface area contributed by atoms with Crippen molar-refractivity contribution in [1.82, 2.24) is 9.80 Å². The van der Waals surface area contributed by atoms with Crippen LogP contribution in [0.2, 0.25) is 0 Å². The molecule has 158 valence electrons. The van der Waals surface area contributed by atoms with Crippen LogP contribution in [0.15, 0.2) is 42.5 Å². The number of aryl methyl sites for hydroxylation is 1. The molecule has 0 aliphatic carbocycles. The van der Waals surface area contributed by atoms with Gasteiger partial charge < -0.3 is 19.3 Å². The molecule has 1 fully saturated rings. The fraction of sp³-hybridized carbons (Fsp3) is 0.520. The second kappa shape index (κ2) is 10.7. The van der Waals surface area contributed by atoms with Gasteiger partial charge in [0.2, 0.25) is 0 Å². The standard InChI is InChI=1S/C25H36N2O2/c1-20-8-5-6-10-23(20)13-15-27-14-7-9-22(19-27)18-26(2)17-21-11-12-24(28-3)25(16-21)29-4/h5-6,8,10-12,16,22H,7,9,13-15,17-19H2,1-4H3/t22-/m1/s1. The Kier molecular flexibility index (Phi) is 7.96. The Bertz CT molecular complexity index is 777. The lowest BCUT2D eigenvalue weighted by molar-refractivity contribution is 0.142. The van der Waals surface area contributed by atoms with Crippen LogP contribution in [-0.4, -0.2) is 57.2 Å². The number of hydrogen-bond acceptors (Lipinski definition) is 4. The Labute approximate surface area is 176 Å². The summed E-state index contributed by atoms with van der Waals surface area (Å²) in [5.41, 5.74) is 4.16. The van der Waals surface area contributed by atoms with Gasteiger partial charge in [0, 0.05) is 26.2 Å². The lowest BCUT2D eigenvalue weighted by Crippen LogP contribution is -2.40. The van der Waals surface area contributed by atoms with Gasteiger partial charge in [-0.3, -0.25) is 0 Å². The summed E-state index contributed by atoms with van der Waals surface area (Å²) >= 11 is 0. The Morgan fingerprint density at radius 1 is 1.07 bits per heavy atom. The molecule has 1 saturated heterocycles. The molecule has 4 heteroatoms. The SMILES string of the molecule is COc1ccc(CN(C)C[C@H]2CCCN(CCc3ccccc3C)C2)cc1OC. The third kappa shape index (κ3) is 6.22. The summed E-state index contributed by atoms with van der Waals surface area (Å²) in [4.78, 5) is 5.10. The first-order valence-electron chi connectivity index (χ1n) is 10.8. The van der Waals surface area contributed by atoms with E-state index in [1.54, 1.807) is 14.2 Å². The molecule has 0 saturated carbocycles. The molecule has 1 aliphatic heterocycles. The Morgan fingerprint density at radius 2 is 1.86 bits per heavy atom. The number of nitrogens with zero attached hydrogens (tertiary/aromatic N) is 2. The minimum Gasteiger partial charge on any atom is -0.493 e. The summed E-state index contributed by atoms with van der Waals surface area (Å²) in [6, 6.07) is 15.0. The second-order valence-corrected chi connectivity index (χ2v) is 8.37. The van der Waals surface area contributed by atoms with Crippen LogP contribution in [0, 0.1) is 12.8 Å². The number of benzene rings is 2. The molecule has 0 bridgehead atoms. The fourth-order valence-corrected chi connectivity index (χ4v) is 4.47. The van der Waals surface area contributed by atoms with E-state index in [1.165, 1.54) is 49.2 Å². The number of rotatable bonds is 9. The van der Waals surface area contributed by atoms with Crippen LogP contribution in [0.25, 0.3) is 0 Å². The van der Waals surface area contributed by atoms with Crippen molar-refractivity contribution in [1.29, 1.82) is 0 Å². The predicted octanol–water partition coefficient (Wildman–Crippen LogP) is 4.40. The third-order valence-electron chi connectivity index (χ3n) is 6.03. The first kappa shape index (κ1) is 21.7. The van der Waals surface area contributed by atoms with Crippen molar-refractivity contribution < 1.29 is 9.47 Å². The number of likely N-dealkylation sites (tertiary alicyclic amines) is 1. The molecule has 1 heterocycles. The van der Waals surface area contributed by atoms with E-state index in [0.29, 0.717) is 0 Å². The normalized spacial score (nSPS) is 17.5. The molecule has 0 amide bonds. The summed E-state index contributed by atoms with van der Waals surface area (Å²) in [7, 11) is 5.60. The molecule has 3 rings (SSSR count). The molecular formula is C25H36N2O2. The average molecular weight is 397 g/mol. The molecule has 0 radical (unpaired) electrons. The lowest BCUT2D eigenvalue weighted by atomic mass is 9.96. The number of hydrogen-bond donors (Lipinski definition) is 0. The second-order valence-electron chi connectivity index (χ2n) is 8.37. The molecule has 2 aromatic carbocycles. The number of piperidine rings is 1. The average Bonchev–Trinajstić information content (AvgIpc) is 2.73. The van der Waals surface area contributed by atoms with Gasteiger partial charge >= 0.3 is 0 Å². The van der Waals surface area contributed by atoms with Crippen LogP contribution in [0.1, 0.15) is 29.5 Å². The topological polar surface area (TPSA) is 24.9 Å². The minimum absolute atomic E-state index is 0.741. The Balaban J connectivity index is 1.49. The van der Waals surface area contributed by atoms with Crippen LogP contribution in [-0.2, 0) is 13.0 Å². The summed E-state index contributed by atoms with van der Waals surface area (Å²) < 4.78 is 10.8. The smallest absolute Gasteiger partial charge is 0.161 e. The first-order chi connectivity index (χ1) is 14.1. The van der Waals surface area contributed by atoms with E-state index in [4.69, 9.17) is 9.47 Å². The van der Waals surface area contributed by atoms with E-state index in [-0.39, 0.29) is 0 Å². The van der Waals surface area contributed by atoms with E-state index in [2.05, 4.69) is 60.2 Å². The first-order valence-corrected chi connectivity index (χ1v) is 10.8. The van der Waals surface area contributed by atoms with Gasteiger partial charge in [-0.1, -0.05) is 30.3 Å². The largest absolute Gasteiger partial charge is 0.493 e. The molecule has 2 aromatic rings. The van der Waals surface area contributed by atoms with Crippen LogP contribution in [0.4, 0.5) is 0 Å². The van der Waals surface area contributed by atoms with Crippen molar-refractivity contribution >= 4 is 0 Å². The number of ether oxygens (including phenoxy) is 2. The fourth-order valence-electron chi connectivity index (χ4n) is 4.47. The van der Waals surface area contributed by atoms with E-state index >= 15 is 0 Å². The maximum atomic E-state index is 5.44. The zero-order chi connectivity index (χ0) is 20.6. The number of methoxy groups -OCH3 is 2. The maximum absolute atomic E-state index is 5.44. The van der Waals surface area contributed by atoms with E-state index < -0.39 is 0 Å². The summed E-state index contributed by atoms with van der Waals surface area (Å²) in [6.45, 7) is 7.90. The lowest BCUT2D eigenvalue weighted by Gasteiger charge is -2.35. The van der Waals surface area contributed by atoms with Crippen molar-refractivity contribution in [3.63, 3.8) is 0 Å². The molecular weight excluding hydrogens is 360 g/mol. The maximum Gasteiger partial charge on any atom is 0.161 e. The Morgan fingerprint density at radius 3 is 2.62 bits per heavy atom. The molecule has 1 atom stereocenters. The monoisotopic (exact) mass is 396 g/mol. The van der Waals surface area contributed by atoms with Gasteiger partial charge in [-0.05, 0) is 74.5 Å². The highest BCUT2D eigenvalue weighted by atomic mass is 16.5. The van der Waals surface area contributed by atoms with Crippen molar-refractivity contribution in [2.24, 2.45) is 5.92 Å². The molecule has 0 unspecified atom stereocenters. The summed E-state index contributed by atoms with van der Waals surface area (Å²) in [5, 5.41) is 0. The van der Waals surface area contributed by atoms with Gasteiger partial charge in [0.25, 0.3) is 0 Å². The van der Waals surface area contributed by atoms with Crippen LogP contribution < -0.4 is 9.47 Å². The third-order valence-corrected chi connectivity index (χ3v) is 6.03. The highest BCUT2D eigenvalue weighted by Crippen LogP contribution is 2.28. The highest BCUT2D eigenvalue weighted by Gasteiger charge is 2.21. The van der Waals surface area contributed by atoms with Gasteiger partial charge in [-0.15, -0.1) is 0 Å². The summed E-state index contributed by atoms with van der Waals surface area (Å²) in [6.07, 6.45) is 3.79. The van der Waals surface area contributed by atoms with Crippen LogP contribution >= 0.6 is 0 Å². The van der Waals surface area contributed by atoms with E-state index in [0.717, 1.165) is 36.9 Å². The van der Waals surface area contributed by atoms with E-state index in [9.17, 15) is 0 Å². The van der Waals surface area contributed by atoms with Crippen molar-refractivity contribution in [2.45, 2.75) is 32.7 Å². The van der Waals surface area contributed by atoms with Gasteiger partial charge in [-0.2, -0.15) is 0 Å². The molecule has 29 heavy (non-hydrogen) atoms. The molecule has 0 spiro atoms. The molecule has 0 N–H and O–H groups in total. The molecule has 1 aliphatic rings. The zero-order valence-corrected chi connectivity index (χ0v) is 18.5. The van der Waals surface area contributed by atoms with Crippen molar-refractivity contribution in [2.75, 3.05) is 47.4 Å². The van der Waals surface area contributed by atoms with Crippen molar-refractivity contribution in [3.05, 3.63) is 59.2 Å². The molecule has 4 nitrogen and oxygen atoms in total. The van der Waals surface area contributed by atoms with Gasteiger partial charge in [0.15, 0.2) is 11.5 Å². The molecule has 0 aromatic heterocycles. The minimum atomic E-state index is 0.741. The van der Waals surface area contributed by atoms with Gasteiger partial charge in [-0.25, -0.2) is 0 Å². The van der Waals surface area contributed by atoms with E-state index in [1.807, 2.05) is 6.07 Å². The van der Waals surface area contributed by atoms with Crippen LogP contribution in [0.3, 0.4) is 0 Å². The summed E-state index contributed by atoms with van der Waals surface area (Å²) in [5.74, 6) is 2.33. The van der Waals surface area contributed by atoms with Gasteiger partial charge in [0.1, 0.15) is 0 Å². The highest BCUT2D eigenvalue weighted by molar-refractivity contribution is 5.42. The predicted molar refractivity (Wildman–Crippen MR) is 120 cm³/mol. The Hall–Kier alpha value is -2.04.